The SMILES string of the molecule is CCN(C(=O)C(C)n1cnc2c1c(=O)n(C)c(=O)n2C)C1CCCCC1. The Hall–Kier alpha value is -2.38. The highest BCUT2D eigenvalue weighted by atomic mass is 16.2. The van der Waals surface area contributed by atoms with Crippen molar-refractivity contribution in [3.63, 3.8) is 0 Å². The van der Waals surface area contributed by atoms with E-state index >= 15 is 0 Å². The second-order valence-corrected chi connectivity index (χ2v) is 7.12. The lowest BCUT2D eigenvalue weighted by Crippen LogP contribution is -2.44. The first-order valence-corrected chi connectivity index (χ1v) is 9.31. The number of rotatable bonds is 4. The maximum absolute atomic E-state index is 13.2. The fourth-order valence-electron chi connectivity index (χ4n) is 4.00. The van der Waals surface area contributed by atoms with E-state index in [1.54, 1.807) is 18.5 Å². The molecule has 1 fully saturated rings. The molecule has 0 saturated heterocycles. The predicted molar refractivity (Wildman–Crippen MR) is 99.2 cm³/mol. The van der Waals surface area contributed by atoms with Crippen molar-refractivity contribution in [3.05, 3.63) is 27.2 Å². The monoisotopic (exact) mass is 361 g/mol. The standard InChI is InChI=1S/C18H27N5O3/c1-5-22(13-9-7-6-8-10-13)16(24)12(2)23-11-19-15-14(23)17(25)21(4)18(26)20(15)3/h11-13H,5-10H2,1-4H3. The van der Waals surface area contributed by atoms with Crippen molar-refractivity contribution in [1.29, 1.82) is 0 Å². The molecule has 26 heavy (non-hydrogen) atoms. The van der Waals surface area contributed by atoms with Crippen LogP contribution >= 0.6 is 0 Å². The molecular weight excluding hydrogens is 334 g/mol. The number of likely N-dealkylation sites (N-methyl/N-ethyl adjacent to an activating group) is 1. The van der Waals surface area contributed by atoms with Gasteiger partial charge < -0.3 is 9.47 Å². The van der Waals surface area contributed by atoms with Gasteiger partial charge in [-0.1, -0.05) is 19.3 Å². The van der Waals surface area contributed by atoms with Crippen LogP contribution in [0.15, 0.2) is 15.9 Å². The van der Waals surface area contributed by atoms with Crippen LogP contribution in [-0.4, -0.2) is 42.1 Å². The Morgan fingerprint density at radius 2 is 1.88 bits per heavy atom. The van der Waals surface area contributed by atoms with E-state index < -0.39 is 17.3 Å². The summed E-state index contributed by atoms with van der Waals surface area (Å²) in [6.07, 6.45) is 7.09. The van der Waals surface area contributed by atoms with Crippen molar-refractivity contribution in [2.24, 2.45) is 14.1 Å². The van der Waals surface area contributed by atoms with Gasteiger partial charge in [0.1, 0.15) is 6.04 Å². The number of hydrogen-bond donors (Lipinski definition) is 0. The molecule has 2 aromatic rings. The second kappa shape index (κ2) is 7.09. The first-order chi connectivity index (χ1) is 12.4. The van der Waals surface area contributed by atoms with E-state index in [1.807, 2.05) is 11.8 Å². The molecule has 3 rings (SSSR count). The van der Waals surface area contributed by atoms with Crippen LogP contribution < -0.4 is 11.2 Å². The number of carbonyl (C=O) groups excluding carboxylic acids is 1. The van der Waals surface area contributed by atoms with E-state index in [4.69, 9.17) is 0 Å². The molecule has 142 valence electrons. The summed E-state index contributed by atoms with van der Waals surface area (Å²) in [5, 5.41) is 0. The summed E-state index contributed by atoms with van der Waals surface area (Å²) in [6.45, 7) is 4.43. The van der Waals surface area contributed by atoms with E-state index in [2.05, 4.69) is 4.98 Å². The number of nitrogens with zero attached hydrogens (tertiary/aromatic N) is 5. The van der Waals surface area contributed by atoms with Crippen LogP contribution in [0.25, 0.3) is 11.2 Å². The summed E-state index contributed by atoms with van der Waals surface area (Å²) in [5.74, 6) is -0.00499. The summed E-state index contributed by atoms with van der Waals surface area (Å²) in [7, 11) is 3.02. The molecule has 1 atom stereocenters. The number of hydrogen-bond acceptors (Lipinski definition) is 4. The third-order valence-electron chi connectivity index (χ3n) is 5.59. The van der Waals surface area contributed by atoms with Crippen LogP contribution in [0.2, 0.25) is 0 Å². The molecule has 1 aliphatic carbocycles. The molecule has 0 spiro atoms. The molecule has 8 nitrogen and oxygen atoms in total. The molecule has 8 heteroatoms. The largest absolute Gasteiger partial charge is 0.338 e. The van der Waals surface area contributed by atoms with Crippen molar-refractivity contribution < 1.29 is 4.79 Å². The Bertz CT molecular complexity index is 933. The first-order valence-electron chi connectivity index (χ1n) is 9.31. The van der Waals surface area contributed by atoms with Crippen LogP contribution in [0, 0.1) is 0 Å². The van der Waals surface area contributed by atoms with Crippen molar-refractivity contribution in [2.45, 2.75) is 58.0 Å². The molecule has 2 aromatic heterocycles. The molecule has 1 saturated carbocycles. The fourth-order valence-corrected chi connectivity index (χ4v) is 4.00. The molecule has 0 radical (unpaired) electrons. The van der Waals surface area contributed by atoms with Gasteiger partial charge in [-0.2, -0.15) is 0 Å². The maximum atomic E-state index is 13.2. The lowest BCUT2D eigenvalue weighted by atomic mass is 9.94. The highest BCUT2D eigenvalue weighted by Gasteiger charge is 2.29. The highest BCUT2D eigenvalue weighted by Crippen LogP contribution is 2.25. The zero-order valence-electron chi connectivity index (χ0n) is 15.9. The number of aryl methyl sites for hydroxylation is 1. The molecule has 0 bridgehead atoms. The molecule has 0 N–H and O–H groups in total. The van der Waals surface area contributed by atoms with E-state index in [0.29, 0.717) is 12.2 Å². The van der Waals surface area contributed by atoms with Crippen LogP contribution in [-0.2, 0) is 18.9 Å². The fraction of sp³-hybridized carbons (Fsp3) is 0.667. The normalized spacial score (nSPS) is 16.8. The summed E-state index contributed by atoms with van der Waals surface area (Å²) in [5.41, 5.74) is -0.265. The Morgan fingerprint density at radius 1 is 1.23 bits per heavy atom. The Balaban J connectivity index is 2.02. The summed E-state index contributed by atoms with van der Waals surface area (Å²) < 4.78 is 3.99. The zero-order chi connectivity index (χ0) is 19.0. The van der Waals surface area contributed by atoms with Crippen LogP contribution in [0.5, 0.6) is 0 Å². The second-order valence-electron chi connectivity index (χ2n) is 7.12. The minimum Gasteiger partial charge on any atom is -0.338 e. The number of fused-ring (bicyclic) bond motifs is 1. The van der Waals surface area contributed by atoms with Gasteiger partial charge in [-0.15, -0.1) is 0 Å². The van der Waals surface area contributed by atoms with Gasteiger partial charge in [0.05, 0.1) is 6.33 Å². The molecule has 1 amide bonds. The van der Waals surface area contributed by atoms with Crippen molar-refractivity contribution >= 4 is 17.1 Å². The topological polar surface area (TPSA) is 82.1 Å². The molecular formula is C18H27N5O3. The van der Waals surface area contributed by atoms with Gasteiger partial charge in [0, 0.05) is 26.7 Å². The molecule has 0 aromatic carbocycles. The van der Waals surface area contributed by atoms with Crippen molar-refractivity contribution in [2.75, 3.05) is 6.54 Å². The average molecular weight is 361 g/mol. The summed E-state index contributed by atoms with van der Waals surface area (Å²) in [6, 6.07) is -0.280. The quantitative estimate of drug-likeness (QED) is 0.819. The third-order valence-corrected chi connectivity index (χ3v) is 5.59. The van der Waals surface area contributed by atoms with Crippen LogP contribution in [0.4, 0.5) is 0 Å². The number of amides is 1. The predicted octanol–water partition coefficient (Wildman–Crippen LogP) is 1.18. The molecule has 2 heterocycles. The smallest absolute Gasteiger partial charge is 0.332 e. The number of imidazole rings is 1. The number of carbonyl (C=O) groups is 1. The van der Waals surface area contributed by atoms with Gasteiger partial charge in [-0.25, -0.2) is 9.78 Å². The average Bonchev–Trinajstić information content (AvgIpc) is 3.10. The van der Waals surface area contributed by atoms with Gasteiger partial charge in [0.2, 0.25) is 5.91 Å². The molecule has 1 unspecified atom stereocenters. The van der Waals surface area contributed by atoms with Gasteiger partial charge in [-0.3, -0.25) is 18.7 Å². The van der Waals surface area contributed by atoms with E-state index in [9.17, 15) is 14.4 Å². The van der Waals surface area contributed by atoms with Gasteiger partial charge >= 0.3 is 5.69 Å². The molecule has 0 aliphatic heterocycles. The lowest BCUT2D eigenvalue weighted by Gasteiger charge is -2.35. The van der Waals surface area contributed by atoms with E-state index in [0.717, 1.165) is 30.3 Å². The number of aromatic nitrogens is 4. The van der Waals surface area contributed by atoms with Crippen molar-refractivity contribution in [3.8, 4) is 0 Å². The van der Waals surface area contributed by atoms with Crippen LogP contribution in [0.1, 0.15) is 52.0 Å². The Morgan fingerprint density at radius 3 is 2.50 bits per heavy atom. The summed E-state index contributed by atoms with van der Waals surface area (Å²) in [4.78, 5) is 44.0. The zero-order valence-corrected chi connectivity index (χ0v) is 15.9. The Labute approximate surface area is 152 Å². The lowest BCUT2D eigenvalue weighted by molar-refractivity contribution is -0.137. The van der Waals surface area contributed by atoms with Crippen molar-refractivity contribution in [1.82, 2.24) is 23.6 Å². The minimum absolute atomic E-state index is 0.00499. The van der Waals surface area contributed by atoms with Crippen LogP contribution in [0.3, 0.4) is 0 Å². The van der Waals surface area contributed by atoms with E-state index in [-0.39, 0.29) is 17.5 Å². The first kappa shape index (κ1) is 18.4. The van der Waals surface area contributed by atoms with Gasteiger partial charge in [0.25, 0.3) is 5.56 Å². The van der Waals surface area contributed by atoms with Gasteiger partial charge in [-0.05, 0) is 26.7 Å². The molecule has 1 aliphatic rings. The maximum Gasteiger partial charge on any atom is 0.332 e. The van der Waals surface area contributed by atoms with E-state index in [1.165, 1.54) is 24.4 Å². The highest BCUT2D eigenvalue weighted by molar-refractivity contribution is 5.83. The Kier molecular flexibility index (Phi) is 5.02. The minimum atomic E-state index is -0.549. The summed E-state index contributed by atoms with van der Waals surface area (Å²) >= 11 is 0. The third kappa shape index (κ3) is 2.87. The van der Waals surface area contributed by atoms with Gasteiger partial charge in [0.15, 0.2) is 11.2 Å².